The molecule has 2 N–H and O–H groups in total. The predicted octanol–water partition coefficient (Wildman–Crippen LogP) is 2.96. The zero-order chi connectivity index (χ0) is 12.3. The molecule has 0 unspecified atom stereocenters. The minimum absolute atomic E-state index is 0.153. The van der Waals surface area contributed by atoms with Gasteiger partial charge in [-0.05, 0) is 37.8 Å². The molecule has 0 aromatic heterocycles. The van der Waals surface area contributed by atoms with Gasteiger partial charge in [-0.15, -0.1) is 11.8 Å². The summed E-state index contributed by atoms with van der Waals surface area (Å²) in [5.41, 5.74) is 6.01. The van der Waals surface area contributed by atoms with Gasteiger partial charge in [0.1, 0.15) is 0 Å². The summed E-state index contributed by atoms with van der Waals surface area (Å²) in [4.78, 5) is 11.3. The molecular formula is C12H16N2O2S. The Morgan fingerprint density at radius 3 is 2.29 bits per heavy atom. The number of hydrogen-bond donors (Lipinski definition) is 1. The molecule has 5 heteroatoms. The van der Waals surface area contributed by atoms with Crippen molar-refractivity contribution in [2.45, 2.75) is 41.9 Å². The minimum Gasteiger partial charge on any atom is -0.328 e. The summed E-state index contributed by atoms with van der Waals surface area (Å²) in [7, 11) is 0. The number of hydrogen-bond acceptors (Lipinski definition) is 4. The Morgan fingerprint density at radius 1 is 1.18 bits per heavy atom. The molecule has 2 rings (SSSR count). The van der Waals surface area contributed by atoms with Crippen molar-refractivity contribution in [3.8, 4) is 0 Å². The van der Waals surface area contributed by atoms with E-state index in [1.54, 1.807) is 12.1 Å². The summed E-state index contributed by atoms with van der Waals surface area (Å²) in [6.45, 7) is 0. The van der Waals surface area contributed by atoms with Gasteiger partial charge in [0.2, 0.25) is 0 Å². The molecule has 1 aromatic carbocycles. The highest BCUT2D eigenvalue weighted by atomic mass is 32.2. The zero-order valence-electron chi connectivity index (χ0n) is 9.54. The maximum atomic E-state index is 10.5. The molecule has 17 heavy (non-hydrogen) atoms. The lowest BCUT2D eigenvalue weighted by Gasteiger charge is -2.25. The first-order valence-electron chi connectivity index (χ1n) is 5.82. The highest BCUT2D eigenvalue weighted by Crippen LogP contribution is 2.33. The summed E-state index contributed by atoms with van der Waals surface area (Å²) >= 11 is 1.81. The minimum atomic E-state index is -0.367. The van der Waals surface area contributed by atoms with Gasteiger partial charge in [-0.25, -0.2) is 0 Å². The summed E-state index contributed by atoms with van der Waals surface area (Å²) in [6, 6.07) is 7.16. The Bertz CT molecular complexity index is 386. The van der Waals surface area contributed by atoms with E-state index < -0.39 is 0 Å². The number of nitro benzene ring substituents is 1. The second kappa shape index (κ2) is 5.51. The van der Waals surface area contributed by atoms with Crippen molar-refractivity contribution >= 4 is 17.4 Å². The van der Waals surface area contributed by atoms with Crippen LogP contribution in [-0.4, -0.2) is 16.2 Å². The molecule has 1 saturated carbocycles. The molecule has 1 aliphatic carbocycles. The van der Waals surface area contributed by atoms with Crippen molar-refractivity contribution in [1.29, 1.82) is 0 Å². The number of nitro groups is 1. The van der Waals surface area contributed by atoms with Gasteiger partial charge in [-0.2, -0.15) is 0 Å². The molecule has 0 heterocycles. The van der Waals surface area contributed by atoms with E-state index >= 15 is 0 Å². The summed E-state index contributed by atoms with van der Waals surface area (Å²) < 4.78 is 0. The van der Waals surface area contributed by atoms with Crippen LogP contribution in [0, 0.1) is 10.1 Å². The van der Waals surface area contributed by atoms with Crippen molar-refractivity contribution in [2.24, 2.45) is 5.73 Å². The number of rotatable bonds is 3. The van der Waals surface area contributed by atoms with Gasteiger partial charge in [0.25, 0.3) is 5.69 Å². The first-order valence-corrected chi connectivity index (χ1v) is 6.70. The molecule has 0 spiro atoms. The van der Waals surface area contributed by atoms with E-state index in [0.717, 1.165) is 30.6 Å². The van der Waals surface area contributed by atoms with Crippen LogP contribution in [0.2, 0.25) is 0 Å². The topological polar surface area (TPSA) is 69.2 Å². The second-order valence-electron chi connectivity index (χ2n) is 4.41. The Morgan fingerprint density at radius 2 is 1.76 bits per heavy atom. The van der Waals surface area contributed by atoms with E-state index in [1.165, 1.54) is 0 Å². The zero-order valence-corrected chi connectivity index (χ0v) is 10.4. The van der Waals surface area contributed by atoms with Crippen molar-refractivity contribution in [3.63, 3.8) is 0 Å². The van der Waals surface area contributed by atoms with E-state index in [9.17, 15) is 10.1 Å². The molecule has 0 atom stereocenters. The van der Waals surface area contributed by atoms with E-state index in [2.05, 4.69) is 0 Å². The first kappa shape index (κ1) is 12.4. The highest BCUT2D eigenvalue weighted by molar-refractivity contribution is 8.00. The van der Waals surface area contributed by atoms with Crippen LogP contribution in [0.15, 0.2) is 29.2 Å². The Hall–Kier alpha value is -1.07. The van der Waals surface area contributed by atoms with Crippen molar-refractivity contribution < 1.29 is 4.92 Å². The van der Waals surface area contributed by atoms with Crippen LogP contribution in [0.4, 0.5) is 5.69 Å². The monoisotopic (exact) mass is 252 g/mol. The van der Waals surface area contributed by atoms with Gasteiger partial charge in [-0.1, -0.05) is 0 Å². The molecule has 4 nitrogen and oxygen atoms in total. The fourth-order valence-corrected chi connectivity index (χ4v) is 3.23. The van der Waals surface area contributed by atoms with E-state index in [-0.39, 0.29) is 10.6 Å². The van der Waals surface area contributed by atoms with Crippen LogP contribution in [0.25, 0.3) is 0 Å². The van der Waals surface area contributed by atoms with Crippen LogP contribution in [-0.2, 0) is 0 Å². The highest BCUT2D eigenvalue weighted by Gasteiger charge is 2.19. The molecule has 1 fully saturated rings. The van der Waals surface area contributed by atoms with Crippen LogP contribution in [0.1, 0.15) is 25.7 Å². The SMILES string of the molecule is NC1CCC(Sc2ccc([N+](=O)[O-])cc2)CC1. The molecular weight excluding hydrogens is 236 g/mol. The number of thioether (sulfide) groups is 1. The third kappa shape index (κ3) is 3.44. The molecule has 0 amide bonds. The average Bonchev–Trinajstić information content (AvgIpc) is 2.33. The second-order valence-corrected chi connectivity index (χ2v) is 5.78. The van der Waals surface area contributed by atoms with E-state index in [4.69, 9.17) is 5.73 Å². The van der Waals surface area contributed by atoms with Gasteiger partial charge in [0.05, 0.1) is 4.92 Å². The van der Waals surface area contributed by atoms with E-state index in [0.29, 0.717) is 11.3 Å². The lowest BCUT2D eigenvalue weighted by molar-refractivity contribution is -0.384. The normalized spacial score (nSPS) is 24.5. The van der Waals surface area contributed by atoms with Crippen LogP contribution < -0.4 is 5.73 Å². The Labute approximate surface area is 105 Å². The van der Waals surface area contributed by atoms with Gasteiger partial charge in [0, 0.05) is 28.3 Å². The number of nitrogens with two attached hydrogens (primary N) is 1. The maximum absolute atomic E-state index is 10.5. The average molecular weight is 252 g/mol. The summed E-state index contributed by atoms with van der Waals surface area (Å²) in [5.74, 6) is 0. The third-order valence-electron chi connectivity index (χ3n) is 3.07. The van der Waals surface area contributed by atoms with Gasteiger partial charge in [-0.3, -0.25) is 10.1 Å². The van der Waals surface area contributed by atoms with Crippen molar-refractivity contribution in [1.82, 2.24) is 0 Å². The number of benzene rings is 1. The molecule has 1 aliphatic rings. The molecule has 0 radical (unpaired) electrons. The molecule has 92 valence electrons. The smallest absolute Gasteiger partial charge is 0.269 e. The standard InChI is InChI=1S/C12H16N2O2S/c13-9-1-5-11(6-2-9)17-12-7-3-10(4-8-12)14(15)16/h3-4,7-9,11H,1-2,5-6,13H2. The molecule has 0 bridgehead atoms. The van der Waals surface area contributed by atoms with Gasteiger partial charge >= 0.3 is 0 Å². The number of nitrogens with zero attached hydrogens (tertiary/aromatic N) is 1. The summed E-state index contributed by atoms with van der Waals surface area (Å²) in [5, 5.41) is 11.1. The van der Waals surface area contributed by atoms with Gasteiger partial charge < -0.3 is 5.73 Å². The van der Waals surface area contributed by atoms with Gasteiger partial charge in [0.15, 0.2) is 0 Å². The van der Waals surface area contributed by atoms with Crippen LogP contribution >= 0.6 is 11.8 Å². The predicted molar refractivity (Wildman–Crippen MR) is 69.2 cm³/mol. The Kier molecular flexibility index (Phi) is 4.02. The molecule has 1 aromatic rings. The lowest BCUT2D eigenvalue weighted by atomic mass is 9.96. The molecule has 0 aliphatic heterocycles. The number of non-ortho nitro benzene ring substituents is 1. The lowest BCUT2D eigenvalue weighted by Crippen LogP contribution is -2.27. The van der Waals surface area contributed by atoms with Crippen molar-refractivity contribution in [3.05, 3.63) is 34.4 Å². The summed E-state index contributed by atoms with van der Waals surface area (Å²) in [6.07, 6.45) is 4.46. The maximum Gasteiger partial charge on any atom is 0.269 e. The van der Waals surface area contributed by atoms with Crippen LogP contribution in [0.3, 0.4) is 0 Å². The third-order valence-corrected chi connectivity index (χ3v) is 4.42. The van der Waals surface area contributed by atoms with Crippen molar-refractivity contribution in [2.75, 3.05) is 0 Å². The van der Waals surface area contributed by atoms with E-state index in [1.807, 2.05) is 23.9 Å². The molecule has 0 saturated heterocycles. The van der Waals surface area contributed by atoms with Crippen LogP contribution in [0.5, 0.6) is 0 Å². The first-order chi connectivity index (χ1) is 8.15. The Balaban J connectivity index is 1.92. The fourth-order valence-electron chi connectivity index (χ4n) is 2.05. The quantitative estimate of drug-likeness (QED) is 0.663. The fraction of sp³-hybridized carbons (Fsp3) is 0.500. The largest absolute Gasteiger partial charge is 0.328 e.